The first kappa shape index (κ1) is 22.6. The number of nitrogens with one attached hydrogen (secondary N) is 2. The van der Waals surface area contributed by atoms with Crippen molar-refractivity contribution >= 4 is 23.0 Å². The molecule has 3 heterocycles. The molecule has 4 rings (SSSR count). The van der Waals surface area contributed by atoms with Crippen molar-refractivity contribution in [2.75, 3.05) is 14.2 Å². The van der Waals surface area contributed by atoms with Crippen molar-refractivity contribution in [3.8, 4) is 28.7 Å². The van der Waals surface area contributed by atoms with E-state index in [-0.39, 0.29) is 11.6 Å². The van der Waals surface area contributed by atoms with Gasteiger partial charge in [0.05, 0.1) is 20.3 Å². The SMILES string of the molecule is COc1ccc([C@@H](C)NC(=O)/C(C#N)=C/c2c[nH]c3ncc(-c4ccncc4)cc23)cc1OC. The van der Waals surface area contributed by atoms with Gasteiger partial charge in [-0.1, -0.05) is 6.07 Å². The predicted molar refractivity (Wildman–Crippen MR) is 129 cm³/mol. The second-order valence-electron chi connectivity index (χ2n) is 7.58. The molecule has 1 aromatic carbocycles. The van der Waals surface area contributed by atoms with Crippen LogP contribution >= 0.6 is 0 Å². The molecule has 0 aliphatic heterocycles. The molecule has 0 radical (unpaired) electrons. The first-order chi connectivity index (χ1) is 16.5. The molecule has 34 heavy (non-hydrogen) atoms. The van der Waals surface area contributed by atoms with Crippen LogP contribution in [-0.2, 0) is 4.79 Å². The highest BCUT2D eigenvalue weighted by atomic mass is 16.5. The zero-order chi connectivity index (χ0) is 24.1. The molecule has 0 bridgehead atoms. The summed E-state index contributed by atoms with van der Waals surface area (Å²) in [6, 6.07) is 12.8. The molecule has 2 N–H and O–H groups in total. The molecule has 1 amide bonds. The number of carbonyl (C=O) groups is 1. The summed E-state index contributed by atoms with van der Waals surface area (Å²) < 4.78 is 10.6. The molecule has 1 atom stereocenters. The Morgan fingerprint density at radius 2 is 1.88 bits per heavy atom. The van der Waals surface area contributed by atoms with Gasteiger partial charge in [-0.05, 0) is 54.5 Å². The number of rotatable bonds is 7. The van der Waals surface area contributed by atoms with Gasteiger partial charge >= 0.3 is 0 Å². The number of hydrogen-bond acceptors (Lipinski definition) is 6. The van der Waals surface area contributed by atoms with Crippen LogP contribution in [0, 0.1) is 11.3 Å². The second kappa shape index (κ2) is 9.88. The van der Waals surface area contributed by atoms with E-state index in [0.29, 0.717) is 22.7 Å². The third kappa shape index (κ3) is 4.59. The van der Waals surface area contributed by atoms with Gasteiger partial charge in [-0.25, -0.2) is 4.98 Å². The lowest BCUT2D eigenvalue weighted by atomic mass is 10.0. The van der Waals surface area contributed by atoms with E-state index in [2.05, 4.69) is 20.3 Å². The molecule has 8 nitrogen and oxygen atoms in total. The van der Waals surface area contributed by atoms with Gasteiger partial charge < -0.3 is 19.8 Å². The fraction of sp³-hybridized carbons (Fsp3) is 0.154. The maximum absolute atomic E-state index is 12.9. The Morgan fingerprint density at radius 1 is 1.12 bits per heavy atom. The van der Waals surface area contributed by atoms with Crippen molar-refractivity contribution in [3.05, 3.63) is 77.9 Å². The summed E-state index contributed by atoms with van der Waals surface area (Å²) in [4.78, 5) is 24.5. The van der Waals surface area contributed by atoms with Gasteiger partial charge in [0.1, 0.15) is 17.3 Å². The minimum atomic E-state index is -0.475. The van der Waals surface area contributed by atoms with Gasteiger partial charge in [0, 0.05) is 41.3 Å². The zero-order valence-electron chi connectivity index (χ0n) is 19.0. The fourth-order valence-corrected chi connectivity index (χ4v) is 3.63. The van der Waals surface area contributed by atoms with E-state index in [1.165, 1.54) is 0 Å². The molecule has 3 aromatic heterocycles. The molecule has 0 spiro atoms. The van der Waals surface area contributed by atoms with Crippen LogP contribution in [0.15, 0.2) is 66.8 Å². The largest absolute Gasteiger partial charge is 0.493 e. The molecule has 0 fully saturated rings. The van der Waals surface area contributed by atoms with Gasteiger partial charge in [0.15, 0.2) is 11.5 Å². The molecular weight excluding hydrogens is 430 g/mol. The van der Waals surface area contributed by atoms with Gasteiger partial charge in [-0.3, -0.25) is 9.78 Å². The van der Waals surface area contributed by atoms with Crippen LogP contribution in [0.4, 0.5) is 0 Å². The quantitative estimate of drug-likeness (QED) is 0.316. The Kier molecular flexibility index (Phi) is 6.55. The molecule has 0 saturated carbocycles. The zero-order valence-corrected chi connectivity index (χ0v) is 19.0. The smallest absolute Gasteiger partial charge is 0.262 e. The van der Waals surface area contributed by atoms with Crippen LogP contribution in [0.2, 0.25) is 0 Å². The number of nitrogens with zero attached hydrogens (tertiary/aromatic N) is 3. The third-order valence-corrected chi connectivity index (χ3v) is 5.50. The van der Waals surface area contributed by atoms with Crippen LogP contribution < -0.4 is 14.8 Å². The van der Waals surface area contributed by atoms with Gasteiger partial charge in [0.25, 0.3) is 5.91 Å². The van der Waals surface area contributed by atoms with Crippen molar-refractivity contribution in [1.82, 2.24) is 20.3 Å². The number of methoxy groups -OCH3 is 2. The predicted octanol–water partition coefficient (Wildman–Crippen LogP) is 4.43. The average Bonchev–Trinajstić information content (AvgIpc) is 3.29. The van der Waals surface area contributed by atoms with E-state index < -0.39 is 5.91 Å². The minimum Gasteiger partial charge on any atom is -0.493 e. The molecule has 170 valence electrons. The summed E-state index contributed by atoms with van der Waals surface area (Å²) in [5, 5.41) is 13.4. The van der Waals surface area contributed by atoms with E-state index in [9.17, 15) is 10.1 Å². The number of pyridine rings is 2. The average molecular weight is 454 g/mol. The summed E-state index contributed by atoms with van der Waals surface area (Å²) in [5.74, 6) is 0.687. The number of hydrogen-bond donors (Lipinski definition) is 2. The molecule has 4 aromatic rings. The van der Waals surface area contributed by atoms with E-state index in [1.807, 2.05) is 37.3 Å². The van der Waals surface area contributed by atoms with Gasteiger partial charge in [0.2, 0.25) is 0 Å². The van der Waals surface area contributed by atoms with E-state index in [0.717, 1.165) is 22.1 Å². The maximum atomic E-state index is 12.9. The first-order valence-corrected chi connectivity index (χ1v) is 10.6. The lowest BCUT2D eigenvalue weighted by Crippen LogP contribution is -2.27. The van der Waals surface area contributed by atoms with Gasteiger partial charge in [-0.2, -0.15) is 5.26 Å². The highest BCUT2D eigenvalue weighted by molar-refractivity contribution is 6.04. The molecule has 0 unspecified atom stereocenters. The molecule has 0 aliphatic rings. The maximum Gasteiger partial charge on any atom is 0.262 e. The number of aromatic amines is 1. The Bertz CT molecular complexity index is 1400. The van der Waals surface area contributed by atoms with Crippen LogP contribution in [0.1, 0.15) is 24.1 Å². The number of carbonyl (C=O) groups excluding carboxylic acids is 1. The van der Waals surface area contributed by atoms with Crippen LogP contribution in [-0.4, -0.2) is 35.1 Å². The number of nitriles is 1. The van der Waals surface area contributed by atoms with E-state index >= 15 is 0 Å². The second-order valence-corrected chi connectivity index (χ2v) is 7.58. The monoisotopic (exact) mass is 453 g/mol. The van der Waals surface area contributed by atoms with Gasteiger partial charge in [-0.15, -0.1) is 0 Å². The van der Waals surface area contributed by atoms with Crippen molar-refractivity contribution in [1.29, 1.82) is 5.26 Å². The number of H-pyrrole nitrogens is 1. The number of benzene rings is 1. The number of aromatic nitrogens is 3. The standard InChI is InChI=1S/C26H23N5O3/c1-16(18-4-5-23(33-2)24(12-18)34-3)31-26(32)19(13-27)10-21-15-30-25-22(21)11-20(14-29-25)17-6-8-28-9-7-17/h4-12,14-16H,1-3H3,(H,29,30)(H,31,32)/b19-10+/t16-/m1/s1. The van der Waals surface area contributed by atoms with E-state index in [1.54, 1.807) is 57.2 Å². The number of fused-ring (bicyclic) bond motifs is 1. The van der Waals surface area contributed by atoms with Crippen molar-refractivity contribution in [3.63, 3.8) is 0 Å². The Hall–Kier alpha value is -4.64. The summed E-state index contributed by atoms with van der Waals surface area (Å²) >= 11 is 0. The minimum absolute atomic E-state index is 0.0115. The van der Waals surface area contributed by atoms with Crippen molar-refractivity contribution in [2.24, 2.45) is 0 Å². The lowest BCUT2D eigenvalue weighted by molar-refractivity contribution is -0.117. The Balaban J connectivity index is 1.59. The lowest BCUT2D eigenvalue weighted by Gasteiger charge is -2.16. The number of ether oxygens (including phenoxy) is 2. The third-order valence-electron chi connectivity index (χ3n) is 5.50. The van der Waals surface area contributed by atoms with Crippen LogP contribution in [0.3, 0.4) is 0 Å². The molecule has 8 heteroatoms. The summed E-state index contributed by atoms with van der Waals surface area (Å²) in [6.45, 7) is 1.84. The highest BCUT2D eigenvalue weighted by Crippen LogP contribution is 2.30. The Labute approximate surface area is 196 Å². The molecular formula is C26H23N5O3. The Morgan fingerprint density at radius 3 is 2.59 bits per heavy atom. The number of amides is 1. The molecule has 0 saturated heterocycles. The van der Waals surface area contributed by atoms with Crippen LogP contribution in [0.5, 0.6) is 11.5 Å². The summed E-state index contributed by atoms with van der Waals surface area (Å²) in [5.41, 5.74) is 4.06. The van der Waals surface area contributed by atoms with Crippen LogP contribution in [0.25, 0.3) is 28.2 Å². The normalized spacial score (nSPS) is 12.1. The summed E-state index contributed by atoms with van der Waals surface area (Å²) in [7, 11) is 3.12. The van der Waals surface area contributed by atoms with Crippen molar-refractivity contribution < 1.29 is 14.3 Å². The topological polar surface area (TPSA) is 113 Å². The first-order valence-electron chi connectivity index (χ1n) is 10.6. The van der Waals surface area contributed by atoms with Crippen molar-refractivity contribution in [2.45, 2.75) is 13.0 Å². The molecule has 0 aliphatic carbocycles. The fourth-order valence-electron chi connectivity index (χ4n) is 3.63. The van der Waals surface area contributed by atoms with E-state index in [4.69, 9.17) is 9.47 Å². The summed E-state index contributed by atoms with van der Waals surface area (Å²) in [6.07, 6.45) is 8.50. The highest BCUT2D eigenvalue weighted by Gasteiger charge is 2.17.